The average molecular weight is 229 g/mol. The summed E-state index contributed by atoms with van der Waals surface area (Å²) >= 11 is 1.07. The Hall–Kier alpha value is -1.21. The molecule has 1 saturated heterocycles. The van der Waals surface area contributed by atoms with E-state index >= 15 is 0 Å². The number of piperidine rings is 1. The van der Waals surface area contributed by atoms with Crippen LogP contribution in [-0.2, 0) is 0 Å². The number of aromatic nitrogens is 2. The number of aromatic carboxylic acids is 1. The second-order valence-electron chi connectivity index (χ2n) is 3.41. The van der Waals surface area contributed by atoms with Crippen LogP contribution in [-0.4, -0.2) is 45.6 Å². The highest BCUT2D eigenvalue weighted by Gasteiger charge is 2.21. The third-order valence-corrected chi connectivity index (χ3v) is 3.30. The number of carbonyl (C=O) groups is 1. The lowest BCUT2D eigenvalue weighted by Gasteiger charge is -2.28. The van der Waals surface area contributed by atoms with Crippen molar-refractivity contribution in [2.45, 2.75) is 18.9 Å². The van der Waals surface area contributed by atoms with E-state index in [4.69, 9.17) is 5.11 Å². The minimum Gasteiger partial charge on any atom is -0.476 e. The molecule has 0 aromatic carbocycles. The minimum absolute atomic E-state index is 0.0103. The summed E-state index contributed by atoms with van der Waals surface area (Å²) < 4.78 is 0. The normalized spacial score (nSPS) is 18.1. The van der Waals surface area contributed by atoms with Gasteiger partial charge in [-0.25, -0.2) is 4.79 Å². The van der Waals surface area contributed by atoms with Gasteiger partial charge < -0.3 is 15.1 Å². The first-order valence-electron chi connectivity index (χ1n) is 4.66. The fourth-order valence-electron chi connectivity index (χ4n) is 1.49. The third kappa shape index (κ3) is 2.24. The molecule has 1 aliphatic heterocycles. The molecule has 0 amide bonds. The summed E-state index contributed by atoms with van der Waals surface area (Å²) in [5, 5.41) is 26.0. The molecule has 0 radical (unpaired) electrons. The number of aliphatic hydroxyl groups excluding tert-OH is 1. The number of hydrogen-bond acceptors (Lipinski definition) is 6. The van der Waals surface area contributed by atoms with Crippen LogP contribution in [0.5, 0.6) is 0 Å². The minimum atomic E-state index is -1.05. The van der Waals surface area contributed by atoms with E-state index < -0.39 is 5.97 Å². The molecular weight excluding hydrogens is 218 g/mol. The number of nitrogens with zero attached hydrogens (tertiary/aromatic N) is 3. The van der Waals surface area contributed by atoms with E-state index in [0.717, 1.165) is 11.3 Å². The Balaban J connectivity index is 2.06. The predicted molar refractivity (Wildman–Crippen MR) is 54.3 cm³/mol. The molecule has 2 heterocycles. The SMILES string of the molecule is O=C(O)c1nnc(N2CCC(O)CC2)s1. The Morgan fingerprint density at radius 1 is 1.40 bits per heavy atom. The maximum Gasteiger partial charge on any atom is 0.367 e. The van der Waals surface area contributed by atoms with Crippen LogP contribution in [0.1, 0.15) is 22.6 Å². The van der Waals surface area contributed by atoms with Crippen molar-refractivity contribution < 1.29 is 15.0 Å². The van der Waals surface area contributed by atoms with Crippen molar-refractivity contribution in [3.8, 4) is 0 Å². The fraction of sp³-hybridized carbons (Fsp3) is 0.625. The molecular formula is C8H11N3O3S. The van der Waals surface area contributed by atoms with Crippen molar-refractivity contribution in [2.75, 3.05) is 18.0 Å². The standard InChI is InChI=1S/C8H11N3O3S/c12-5-1-3-11(4-2-5)8-10-9-6(15-8)7(13)14/h5,12H,1-4H2,(H,13,14). The van der Waals surface area contributed by atoms with Gasteiger partial charge in [-0.15, -0.1) is 10.2 Å². The van der Waals surface area contributed by atoms with Crippen LogP contribution in [0.4, 0.5) is 5.13 Å². The van der Waals surface area contributed by atoms with Crippen molar-refractivity contribution >= 4 is 22.4 Å². The number of carboxylic acids is 1. The molecule has 82 valence electrons. The van der Waals surface area contributed by atoms with Gasteiger partial charge >= 0.3 is 5.97 Å². The van der Waals surface area contributed by atoms with Crippen LogP contribution in [0.2, 0.25) is 0 Å². The van der Waals surface area contributed by atoms with Gasteiger partial charge in [0.2, 0.25) is 10.1 Å². The van der Waals surface area contributed by atoms with Crippen molar-refractivity contribution in [3.05, 3.63) is 5.01 Å². The van der Waals surface area contributed by atoms with Crippen LogP contribution in [0.3, 0.4) is 0 Å². The summed E-state index contributed by atoms with van der Waals surface area (Å²) in [6, 6.07) is 0. The second kappa shape index (κ2) is 4.11. The van der Waals surface area contributed by atoms with Crippen molar-refractivity contribution in [3.63, 3.8) is 0 Å². The molecule has 1 aromatic heterocycles. The number of carboxylic acid groups (broad SMARTS) is 1. The highest BCUT2D eigenvalue weighted by atomic mass is 32.1. The van der Waals surface area contributed by atoms with Crippen molar-refractivity contribution in [2.24, 2.45) is 0 Å². The van der Waals surface area contributed by atoms with E-state index in [0.29, 0.717) is 31.1 Å². The van der Waals surface area contributed by atoms with Gasteiger partial charge in [-0.2, -0.15) is 0 Å². The molecule has 7 heteroatoms. The first-order valence-corrected chi connectivity index (χ1v) is 5.48. The van der Waals surface area contributed by atoms with Gasteiger partial charge in [-0.3, -0.25) is 0 Å². The number of anilines is 1. The van der Waals surface area contributed by atoms with Crippen LogP contribution in [0.25, 0.3) is 0 Å². The number of rotatable bonds is 2. The first kappa shape index (κ1) is 10.3. The molecule has 0 aliphatic carbocycles. The molecule has 15 heavy (non-hydrogen) atoms. The zero-order chi connectivity index (χ0) is 10.8. The highest BCUT2D eigenvalue weighted by Crippen LogP contribution is 2.23. The Morgan fingerprint density at radius 2 is 2.07 bits per heavy atom. The molecule has 0 unspecified atom stereocenters. The summed E-state index contributed by atoms with van der Waals surface area (Å²) in [6.45, 7) is 1.41. The van der Waals surface area contributed by atoms with Crippen LogP contribution in [0, 0.1) is 0 Å². The summed E-state index contributed by atoms with van der Waals surface area (Å²) in [5.41, 5.74) is 0. The van der Waals surface area contributed by atoms with Crippen LogP contribution in [0.15, 0.2) is 0 Å². The van der Waals surface area contributed by atoms with Gasteiger partial charge in [0.15, 0.2) is 0 Å². The van der Waals surface area contributed by atoms with Crippen molar-refractivity contribution in [1.29, 1.82) is 0 Å². The van der Waals surface area contributed by atoms with Gasteiger partial charge in [0.05, 0.1) is 6.10 Å². The first-order chi connectivity index (χ1) is 7.16. The molecule has 1 aromatic rings. The smallest absolute Gasteiger partial charge is 0.367 e. The zero-order valence-corrected chi connectivity index (χ0v) is 8.77. The molecule has 2 rings (SSSR count). The van der Waals surface area contributed by atoms with Gasteiger partial charge in [-0.05, 0) is 12.8 Å². The van der Waals surface area contributed by atoms with Crippen LogP contribution < -0.4 is 4.90 Å². The van der Waals surface area contributed by atoms with Gasteiger partial charge in [0.1, 0.15) is 0 Å². The lowest BCUT2D eigenvalue weighted by molar-refractivity contribution is 0.0695. The van der Waals surface area contributed by atoms with Crippen LogP contribution >= 0.6 is 11.3 Å². The van der Waals surface area contributed by atoms with E-state index in [1.165, 1.54) is 0 Å². The molecule has 0 atom stereocenters. The zero-order valence-electron chi connectivity index (χ0n) is 7.96. The number of hydrogen-bond donors (Lipinski definition) is 2. The van der Waals surface area contributed by atoms with Crippen molar-refractivity contribution in [1.82, 2.24) is 10.2 Å². The average Bonchev–Trinajstić information content (AvgIpc) is 2.68. The molecule has 0 saturated carbocycles. The topological polar surface area (TPSA) is 86.5 Å². The molecule has 0 bridgehead atoms. The third-order valence-electron chi connectivity index (χ3n) is 2.33. The van der Waals surface area contributed by atoms with E-state index in [-0.39, 0.29) is 11.1 Å². The molecule has 6 nitrogen and oxygen atoms in total. The highest BCUT2D eigenvalue weighted by molar-refractivity contribution is 7.17. The van der Waals surface area contributed by atoms with E-state index in [1.807, 2.05) is 4.90 Å². The Morgan fingerprint density at radius 3 is 2.60 bits per heavy atom. The summed E-state index contributed by atoms with van der Waals surface area (Å²) in [6.07, 6.45) is 1.15. The fourth-order valence-corrected chi connectivity index (χ4v) is 2.22. The molecule has 2 N–H and O–H groups in total. The lowest BCUT2D eigenvalue weighted by Crippen LogP contribution is -2.35. The van der Waals surface area contributed by atoms with Gasteiger partial charge in [0, 0.05) is 13.1 Å². The molecule has 1 fully saturated rings. The maximum absolute atomic E-state index is 10.6. The quantitative estimate of drug-likeness (QED) is 0.753. The lowest BCUT2D eigenvalue weighted by atomic mass is 10.1. The molecule has 1 aliphatic rings. The number of aliphatic hydroxyl groups is 1. The monoisotopic (exact) mass is 229 g/mol. The van der Waals surface area contributed by atoms with E-state index in [1.54, 1.807) is 0 Å². The Kier molecular flexibility index (Phi) is 2.83. The summed E-state index contributed by atoms with van der Waals surface area (Å²) in [4.78, 5) is 12.6. The Labute approximate surface area is 90.2 Å². The maximum atomic E-state index is 10.6. The second-order valence-corrected chi connectivity index (χ2v) is 4.37. The Bertz CT molecular complexity index is 360. The predicted octanol–water partition coefficient (Wildman–Crippen LogP) is 0.197. The summed E-state index contributed by atoms with van der Waals surface area (Å²) in [7, 11) is 0. The molecule has 0 spiro atoms. The largest absolute Gasteiger partial charge is 0.476 e. The summed E-state index contributed by atoms with van der Waals surface area (Å²) in [5.74, 6) is -1.05. The van der Waals surface area contributed by atoms with Gasteiger partial charge in [-0.1, -0.05) is 11.3 Å². The van der Waals surface area contributed by atoms with E-state index in [9.17, 15) is 9.90 Å². The van der Waals surface area contributed by atoms with Gasteiger partial charge in [0.25, 0.3) is 0 Å². The van der Waals surface area contributed by atoms with E-state index in [2.05, 4.69) is 10.2 Å².